The van der Waals surface area contributed by atoms with Gasteiger partial charge in [-0.2, -0.15) is 0 Å². The first-order chi connectivity index (χ1) is 13.6. The number of carbonyl (C=O) groups is 2. The number of anilines is 1. The average molecular weight is 396 g/mol. The fourth-order valence-electron chi connectivity index (χ4n) is 2.59. The number of thiazole rings is 1. The van der Waals surface area contributed by atoms with Crippen LogP contribution < -0.4 is 14.8 Å². The quantitative estimate of drug-likeness (QED) is 0.662. The standard InChI is InChI=1S/C20H16N2O5S/c1-12(27-19(24)14-7-8-16-17(9-14)26-11-25-16)18(23)22-20-21-15(10-28-20)13-5-3-2-4-6-13/h2-10,12H,11H2,1H3,(H,21,22,23)/t12-/m0/s1. The first-order valence-electron chi connectivity index (χ1n) is 8.52. The molecule has 0 aliphatic carbocycles. The lowest BCUT2D eigenvalue weighted by molar-refractivity contribution is -0.123. The van der Waals surface area contributed by atoms with Crippen LogP contribution >= 0.6 is 11.3 Å². The Bertz CT molecular complexity index is 1020. The molecule has 1 aliphatic heterocycles. The molecule has 1 atom stereocenters. The molecule has 2 aromatic carbocycles. The van der Waals surface area contributed by atoms with E-state index in [0.29, 0.717) is 16.6 Å². The van der Waals surface area contributed by atoms with Gasteiger partial charge in [-0.05, 0) is 25.1 Å². The summed E-state index contributed by atoms with van der Waals surface area (Å²) in [5, 5.41) is 4.97. The molecular formula is C20H16N2O5S. The van der Waals surface area contributed by atoms with Crippen molar-refractivity contribution < 1.29 is 23.8 Å². The SMILES string of the molecule is C[C@H](OC(=O)c1ccc2c(c1)OCO2)C(=O)Nc1nc(-c2ccccc2)cs1. The predicted molar refractivity (Wildman–Crippen MR) is 104 cm³/mol. The zero-order valence-electron chi connectivity index (χ0n) is 14.9. The molecule has 0 bridgehead atoms. The minimum atomic E-state index is -0.984. The summed E-state index contributed by atoms with van der Waals surface area (Å²) in [6.07, 6.45) is -0.984. The van der Waals surface area contributed by atoms with Gasteiger partial charge in [0.1, 0.15) is 0 Å². The topological polar surface area (TPSA) is 86.8 Å². The maximum Gasteiger partial charge on any atom is 0.339 e. The second kappa shape index (κ2) is 7.69. The summed E-state index contributed by atoms with van der Waals surface area (Å²) in [5.74, 6) is -0.0313. The first kappa shape index (κ1) is 18.0. The Morgan fingerprint density at radius 3 is 2.75 bits per heavy atom. The van der Waals surface area contributed by atoms with Crippen molar-refractivity contribution in [1.29, 1.82) is 0 Å². The number of rotatable bonds is 5. The first-order valence-corrected chi connectivity index (χ1v) is 9.40. The highest BCUT2D eigenvalue weighted by Crippen LogP contribution is 2.32. The van der Waals surface area contributed by atoms with Crippen molar-refractivity contribution in [1.82, 2.24) is 4.98 Å². The van der Waals surface area contributed by atoms with Crippen LogP contribution in [0.3, 0.4) is 0 Å². The number of hydrogen-bond acceptors (Lipinski definition) is 7. The van der Waals surface area contributed by atoms with Crippen LogP contribution in [0, 0.1) is 0 Å². The molecule has 0 saturated heterocycles. The molecule has 0 radical (unpaired) electrons. The summed E-state index contributed by atoms with van der Waals surface area (Å²) >= 11 is 1.30. The second-order valence-corrected chi connectivity index (χ2v) is 6.87. The Morgan fingerprint density at radius 1 is 1.14 bits per heavy atom. The van der Waals surface area contributed by atoms with Gasteiger partial charge in [0.05, 0.1) is 11.3 Å². The second-order valence-electron chi connectivity index (χ2n) is 6.01. The van der Waals surface area contributed by atoms with Crippen LogP contribution in [-0.4, -0.2) is 29.8 Å². The molecule has 1 aliphatic rings. The van der Waals surface area contributed by atoms with Gasteiger partial charge in [0, 0.05) is 10.9 Å². The lowest BCUT2D eigenvalue weighted by Crippen LogP contribution is -2.29. The van der Waals surface area contributed by atoms with Crippen molar-refractivity contribution in [2.24, 2.45) is 0 Å². The highest BCUT2D eigenvalue weighted by Gasteiger charge is 2.22. The molecule has 28 heavy (non-hydrogen) atoms. The zero-order chi connectivity index (χ0) is 19.5. The Morgan fingerprint density at radius 2 is 1.93 bits per heavy atom. The molecule has 142 valence electrons. The molecule has 0 saturated carbocycles. The van der Waals surface area contributed by atoms with E-state index in [9.17, 15) is 9.59 Å². The third kappa shape index (κ3) is 3.81. The van der Waals surface area contributed by atoms with Gasteiger partial charge in [-0.25, -0.2) is 9.78 Å². The number of nitrogens with one attached hydrogen (secondary N) is 1. The molecule has 1 N–H and O–H groups in total. The summed E-state index contributed by atoms with van der Waals surface area (Å²) in [5.41, 5.74) is 2.01. The van der Waals surface area contributed by atoms with Crippen molar-refractivity contribution in [2.75, 3.05) is 12.1 Å². The van der Waals surface area contributed by atoms with Crippen molar-refractivity contribution >= 4 is 28.3 Å². The maximum absolute atomic E-state index is 12.3. The number of benzene rings is 2. The number of fused-ring (bicyclic) bond motifs is 1. The van der Waals surface area contributed by atoms with Gasteiger partial charge in [0.25, 0.3) is 5.91 Å². The van der Waals surface area contributed by atoms with E-state index in [1.807, 2.05) is 35.7 Å². The van der Waals surface area contributed by atoms with E-state index >= 15 is 0 Å². The molecule has 1 aromatic heterocycles. The smallest absolute Gasteiger partial charge is 0.339 e. The predicted octanol–water partition coefficient (Wildman–Crippen LogP) is 3.72. The minimum Gasteiger partial charge on any atom is -0.454 e. The molecule has 0 unspecified atom stereocenters. The fraction of sp³-hybridized carbons (Fsp3) is 0.150. The normalized spacial score (nSPS) is 13.0. The van der Waals surface area contributed by atoms with Crippen molar-refractivity contribution in [3.63, 3.8) is 0 Å². The van der Waals surface area contributed by atoms with Crippen LogP contribution in [0.4, 0.5) is 5.13 Å². The summed E-state index contributed by atoms with van der Waals surface area (Å²) in [6, 6.07) is 14.4. The van der Waals surface area contributed by atoms with Crippen LogP contribution in [-0.2, 0) is 9.53 Å². The summed E-state index contributed by atoms with van der Waals surface area (Å²) in [4.78, 5) is 29.0. The van der Waals surface area contributed by atoms with Gasteiger partial charge in [-0.1, -0.05) is 30.3 Å². The summed E-state index contributed by atoms with van der Waals surface area (Å²) in [7, 11) is 0. The number of nitrogens with zero attached hydrogens (tertiary/aromatic N) is 1. The van der Waals surface area contributed by atoms with E-state index in [-0.39, 0.29) is 12.4 Å². The molecule has 3 aromatic rings. The van der Waals surface area contributed by atoms with Crippen molar-refractivity contribution in [3.05, 3.63) is 59.5 Å². The summed E-state index contributed by atoms with van der Waals surface area (Å²) < 4.78 is 15.7. The number of aromatic nitrogens is 1. The van der Waals surface area contributed by atoms with E-state index in [2.05, 4.69) is 10.3 Å². The van der Waals surface area contributed by atoms with Gasteiger partial charge in [0.15, 0.2) is 22.7 Å². The molecular weight excluding hydrogens is 380 g/mol. The van der Waals surface area contributed by atoms with E-state index in [1.54, 1.807) is 12.1 Å². The van der Waals surface area contributed by atoms with E-state index in [4.69, 9.17) is 14.2 Å². The van der Waals surface area contributed by atoms with Gasteiger partial charge in [-0.15, -0.1) is 11.3 Å². The van der Waals surface area contributed by atoms with Gasteiger partial charge in [-0.3, -0.25) is 10.1 Å². The van der Waals surface area contributed by atoms with Gasteiger partial charge >= 0.3 is 5.97 Å². The highest BCUT2D eigenvalue weighted by molar-refractivity contribution is 7.14. The van der Waals surface area contributed by atoms with Crippen molar-refractivity contribution in [2.45, 2.75) is 13.0 Å². The monoisotopic (exact) mass is 396 g/mol. The zero-order valence-corrected chi connectivity index (χ0v) is 15.7. The fourth-order valence-corrected chi connectivity index (χ4v) is 3.31. The molecule has 8 heteroatoms. The Hall–Kier alpha value is -3.39. The molecule has 4 rings (SSSR count). The number of esters is 1. The molecule has 2 heterocycles. The minimum absolute atomic E-state index is 0.116. The van der Waals surface area contributed by atoms with E-state index in [0.717, 1.165) is 11.3 Å². The third-order valence-corrected chi connectivity index (χ3v) is 4.82. The van der Waals surface area contributed by atoms with Gasteiger partial charge < -0.3 is 14.2 Å². The molecule has 0 spiro atoms. The molecule has 1 amide bonds. The number of carbonyl (C=O) groups excluding carboxylic acids is 2. The molecule has 0 fully saturated rings. The van der Waals surface area contributed by atoms with Crippen LogP contribution in [0.5, 0.6) is 11.5 Å². The van der Waals surface area contributed by atoms with Gasteiger partial charge in [0.2, 0.25) is 6.79 Å². The number of hydrogen-bond donors (Lipinski definition) is 1. The average Bonchev–Trinajstić information content (AvgIpc) is 3.37. The Labute approximate surface area is 164 Å². The van der Waals surface area contributed by atoms with Crippen LogP contribution in [0.25, 0.3) is 11.3 Å². The van der Waals surface area contributed by atoms with E-state index in [1.165, 1.54) is 24.3 Å². The lowest BCUT2D eigenvalue weighted by Gasteiger charge is -2.12. The number of amides is 1. The Kier molecular flexibility index (Phi) is 4.94. The largest absolute Gasteiger partial charge is 0.454 e. The van der Waals surface area contributed by atoms with Crippen LogP contribution in [0.1, 0.15) is 17.3 Å². The van der Waals surface area contributed by atoms with Crippen molar-refractivity contribution in [3.8, 4) is 22.8 Å². The number of ether oxygens (including phenoxy) is 3. The molecule has 7 nitrogen and oxygen atoms in total. The van der Waals surface area contributed by atoms with Crippen LogP contribution in [0.15, 0.2) is 53.9 Å². The van der Waals surface area contributed by atoms with Crippen LogP contribution in [0.2, 0.25) is 0 Å². The summed E-state index contributed by atoms with van der Waals surface area (Å²) in [6.45, 7) is 1.62. The maximum atomic E-state index is 12.3. The lowest BCUT2D eigenvalue weighted by atomic mass is 10.2. The Balaban J connectivity index is 1.37. The third-order valence-electron chi connectivity index (χ3n) is 4.07. The highest BCUT2D eigenvalue weighted by atomic mass is 32.1. The van der Waals surface area contributed by atoms with E-state index < -0.39 is 18.0 Å².